The van der Waals surface area contributed by atoms with Crippen molar-refractivity contribution >= 4 is 49.5 Å². The number of sulfonamides is 1. The van der Waals surface area contributed by atoms with Gasteiger partial charge in [-0.25, -0.2) is 35.1 Å². The van der Waals surface area contributed by atoms with Gasteiger partial charge in [-0.3, -0.25) is 9.48 Å². The molecule has 0 radical (unpaired) electrons. The summed E-state index contributed by atoms with van der Waals surface area (Å²) >= 11 is 6.41. The van der Waals surface area contributed by atoms with Gasteiger partial charge in [0.05, 0.1) is 5.69 Å². The van der Waals surface area contributed by atoms with E-state index in [0.29, 0.717) is 23.3 Å². The number of thiophene rings is 1. The molecule has 0 aliphatic heterocycles. The number of nitrogens with one attached hydrogen (secondary N) is 3. The summed E-state index contributed by atoms with van der Waals surface area (Å²) in [5.74, 6) is -5.60. The van der Waals surface area contributed by atoms with E-state index < -0.39 is 58.5 Å². The molecule has 3 aliphatic carbocycles. The molecule has 3 aliphatic rings. The van der Waals surface area contributed by atoms with Gasteiger partial charge in [0.2, 0.25) is 15.9 Å². The van der Waals surface area contributed by atoms with E-state index >= 15 is 0 Å². The van der Waals surface area contributed by atoms with Crippen molar-refractivity contribution in [2.75, 3.05) is 5.32 Å². The Morgan fingerprint density at radius 3 is 2.55 bits per heavy atom. The summed E-state index contributed by atoms with van der Waals surface area (Å²) in [6.07, 6.45) is -3.36. The van der Waals surface area contributed by atoms with Gasteiger partial charge in [0.1, 0.15) is 32.7 Å². The maximum atomic E-state index is 13.5. The first-order valence-electron chi connectivity index (χ1n) is 11.9. The molecule has 0 spiro atoms. The van der Waals surface area contributed by atoms with Crippen LogP contribution in [0.25, 0.3) is 0 Å². The summed E-state index contributed by atoms with van der Waals surface area (Å²) in [4.78, 5) is 13.0. The number of hydrogen-bond donors (Lipinski definition) is 3. The van der Waals surface area contributed by atoms with Gasteiger partial charge in [-0.1, -0.05) is 12.2 Å². The Hall–Kier alpha value is -2.17. The largest absolute Gasteiger partial charge is 0.371 e. The molecule has 2 aromatic rings. The second kappa shape index (κ2) is 9.78. The number of fused-ring (bicyclic) bond motifs is 1. The Balaban J connectivity index is 1.40. The first kappa shape index (κ1) is 27.4. The number of aryl methyl sites for hydroxylation is 2. The third-order valence-electron chi connectivity index (χ3n) is 6.95. The first-order chi connectivity index (χ1) is 17.7. The number of carbonyl (C=O) groups excluding carboxylic acids is 1. The number of halogens is 5. The van der Waals surface area contributed by atoms with Gasteiger partial charge < -0.3 is 10.6 Å². The lowest BCUT2D eigenvalue weighted by molar-refractivity contribution is -0.119. The highest BCUT2D eigenvalue weighted by atomic mass is 32.2. The molecule has 1 amide bonds. The summed E-state index contributed by atoms with van der Waals surface area (Å²) < 4.78 is 96.8. The molecule has 3 N–H and O–H groups in total. The van der Waals surface area contributed by atoms with Crippen LogP contribution in [0, 0.1) is 5.92 Å². The first-order valence-corrected chi connectivity index (χ1v) is 14.6. The van der Waals surface area contributed by atoms with Crippen LogP contribution in [-0.2, 0) is 34.7 Å². The zero-order valence-corrected chi connectivity index (χ0v) is 22.4. The van der Waals surface area contributed by atoms with E-state index in [1.54, 1.807) is 0 Å². The van der Waals surface area contributed by atoms with Crippen LogP contribution in [-0.4, -0.2) is 53.3 Å². The summed E-state index contributed by atoms with van der Waals surface area (Å²) in [5.41, 5.74) is 0.245. The minimum atomic E-state index is -4.24. The zero-order chi connectivity index (χ0) is 27.6. The van der Waals surface area contributed by atoms with Crippen LogP contribution < -0.4 is 15.4 Å². The lowest BCUT2D eigenvalue weighted by Crippen LogP contribution is -2.45. The highest BCUT2D eigenvalue weighted by Gasteiger charge is 2.61. The van der Waals surface area contributed by atoms with Gasteiger partial charge in [-0.2, -0.15) is 5.10 Å². The van der Waals surface area contributed by atoms with Crippen molar-refractivity contribution in [3.63, 3.8) is 0 Å². The maximum absolute atomic E-state index is 13.5. The summed E-state index contributed by atoms with van der Waals surface area (Å²) in [6, 6.07) is 0.191. The molecule has 1 unspecified atom stereocenters. The number of aromatic nitrogens is 2. The average Bonchev–Trinajstić information content (AvgIpc) is 3.11. The molecular formula is C22H24F5N5O3S3. The molecule has 0 bridgehead atoms. The smallest absolute Gasteiger partial charge is 0.282 e. The van der Waals surface area contributed by atoms with Crippen molar-refractivity contribution in [3.8, 4) is 0 Å². The third-order valence-corrected chi connectivity index (χ3v) is 10.2. The number of rotatable bonds is 8. The number of hydrogen-bond acceptors (Lipinski definition) is 6. The van der Waals surface area contributed by atoms with Gasteiger partial charge in [-0.15, -0.1) is 11.3 Å². The minimum Gasteiger partial charge on any atom is -0.371 e. The van der Waals surface area contributed by atoms with Gasteiger partial charge in [0, 0.05) is 30.4 Å². The molecule has 2 fully saturated rings. The lowest BCUT2D eigenvalue weighted by atomic mass is 9.92. The fourth-order valence-corrected chi connectivity index (χ4v) is 8.33. The fraction of sp³-hybridized carbons (Fsp3) is 0.591. The summed E-state index contributed by atoms with van der Waals surface area (Å²) in [5, 5.41) is 9.17. The van der Waals surface area contributed by atoms with E-state index in [1.807, 2.05) is 0 Å². The molecule has 208 valence electrons. The highest BCUT2D eigenvalue weighted by Crippen LogP contribution is 2.50. The average molecular weight is 598 g/mol. The predicted molar refractivity (Wildman–Crippen MR) is 133 cm³/mol. The van der Waals surface area contributed by atoms with Crippen LogP contribution >= 0.6 is 23.6 Å². The van der Waals surface area contributed by atoms with Crippen LogP contribution in [0.4, 0.5) is 27.0 Å². The zero-order valence-electron chi connectivity index (χ0n) is 19.9. The minimum absolute atomic E-state index is 0.0192. The summed E-state index contributed by atoms with van der Waals surface area (Å²) in [7, 11) is -2.76. The van der Waals surface area contributed by atoms with Gasteiger partial charge in [0.25, 0.3) is 12.3 Å². The molecule has 5 rings (SSSR count). The Kier molecular flexibility index (Phi) is 7.05. The predicted octanol–water partition coefficient (Wildman–Crippen LogP) is 3.61. The monoisotopic (exact) mass is 597 g/mol. The van der Waals surface area contributed by atoms with Crippen molar-refractivity contribution in [2.24, 2.45) is 13.0 Å². The molecule has 0 aromatic carbocycles. The fourth-order valence-electron chi connectivity index (χ4n) is 4.73. The Morgan fingerprint density at radius 2 is 1.97 bits per heavy atom. The maximum Gasteiger partial charge on any atom is 0.282 e. The Morgan fingerprint density at radius 1 is 1.29 bits per heavy atom. The molecule has 16 heteroatoms. The lowest BCUT2D eigenvalue weighted by Gasteiger charge is -2.30. The Bertz CT molecular complexity index is 1390. The van der Waals surface area contributed by atoms with Crippen molar-refractivity contribution < 1.29 is 35.2 Å². The van der Waals surface area contributed by atoms with E-state index in [1.165, 1.54) is 17.8 Å². The number of alkyl halides is 5. The quantitative estimate of drug-likeness (QED) is 0.317. The van der Waals surface area contributed by atoms with E-state index in [0.717, 1.165) is 11.3 Å². The van der Waals surface area contributed by atoms with E-state index in [4.69, 9.17) is 12.2 Å². The number of anilines is 1. The highest BCUT2D eigenvalue weighted by molar-refractivity contribution is 7.90. The van der Waals surface area contributed by atoms with E-state index in [9.17, 15) is 35.2 Å². The van der Waals surface area contributed by atoms with Crippen molar-refractivity contribution in [3.05, 3.63) is 27.9 Å². The van der Waals surface area contributed by atoms with E-state index in [-0.39, 0.29) is 45.9 Å². The number of carbonyl (C=O) groups is 1. The number of thiocarbonyl (C=S) groups is 1. The van der Waals surface area contributed by atoms with Crippen LogP contribution in [0.5, 0.6) is 0 Å². The molecular weight excluding hydrogens is 573 g/mol. The molecule has 38 heavy (non-hydrogen) atoms. The van der Waals surface area contributed by atoms with Crippen molar-refractivity contribution in [1.29, 1.82) is 0 Å². The van der Waals surface area contributed by atoms with E-state index in [2.05, 4.69) is 20.5 Å². The van der Waals surface area contributed by atoms with Crippen LogP contribution in [0.15, 0.2) is 11.0 Å². The molecule has 8 nitrogen and oxygen atoms in total. The molecule has 2 aromatic heterocycles. The topological polar surface area (TPSA) is 105 Å². The standard InChI is InChI=1S/C22H24F5N5O3S3/c1-32-15(7-14(30-32)18(24)25)20(36)28-10-2-3-16-12(6-10)17(38(34,35)31-11-4-9(23)5-11)21(37-16)29-19(33)13-8-22(13,26)27/h7,9-11,13,18,31H,2-6,8H2,1H3,(H,28,36)(H,29,33)/t9?,10-,11?,13?/m0/s1. The normalized spacial score (nSPS) is 26.0. The SMILES string of the molecule is Cn1nc(C(F)F)cc1C(=S)N[C@H]1CCc2sc(NC(=O)C3CC3(F)F)c(S(=O)(=O)NC3CC(F)C3)c2C1. The van der Waals surface area contributed by atoms with Crippen LogP contribution in [0.2, 0.25) is 0 Å². The molecule has 2 atom stereocenters. The van der Waals surface area contributed by atoms with Gasteiger partial charge in [0.15, 0.2) is 0 Å². The van der Waals surface area contributed by atoms with Crippen molar-refractivity contribution in [1.82, 2.24) is 19.8 Å². The molecule has 0 saturated heterocycles. The van der Waals surface area contributed by atoms with Crippen LogP contribution in [0.1, 0.15) is 53.9 Å². The number of nitrogens with zero attached hydrogens (tertiary/aromatic N) is 2. The third kappa shape index (κ3) is 5.31. The second-order valence-corrected chi connectivity index (χ2v) is 13.0. The van der Waals surface area contributed by atoms with Crippen molar-refractivity contribution in [2.45, 2.75) is 74.0 Å². The number of amides is 1. The van der Waals surface area contributed by atoms with Gasteiger partial charge in [-0.05, 0) is 43.7 Å². The van der Waals surface area contributed by atoms with Gasteiger partial charge >= 0.3 is 0 Å². The second-order valence-electron chi connectivity index (χ2n) is 9.85. The summed E-state index contributed by atoms with van der Waals surface area (Å²) in [6.45, 7) is 0. The molecule has 2 saturated carbocycles. The Labute approximate surface area is 224 Å². The molecule has 2 heterocycles. The van der Waals surface area contributed by atoms with Crippen LogP contribution in [0.3, 0.4) is 0 Å².